The van der Waals surface area contributed by atoms with Crippen molar-refractivity contribution in [2.24, 2.45) is 0 Å². The van der Waals surface area contributed by atoms with E-state index in [1.807, 2.05) is 19.1 Å². The van der Waals surface area contributed by atoms with E-state index in [9.17, 15) is 8.78 Å². The Hall–Kier alpha value is -1.19. The van der Waals surface area contributed by atoms with Crippen LogP contribution in [-0.2, 0) is 6.42 Å². The van der Waals surface area contributed by atoms with Gasteiger partial charge in [-0.15, -0.1) is 0 Å². The molecule has 2 heterocycles. The minimum atomic E-state index is -2.55. The molecule has 0 saturated carbocycles. The molecule has 2 rings (SSSR count). The van der Waals surface area contributed by atoms with Crippen LogP contribution in [0, 0.1) is 0 Å². The topological polar surface area (TPSA) is 16.1 Å². The molecule has 0 bridgehead atoms. The van der Waals surface area contributed by atoms with E-state index in [1.165, 1.54) is 0 Å². The van der Waals surface area contributed by atoms with Gasteiger partial charge in [-0.2, -0.15) is 0 Å². The zero-order valence-corrected chi connectivity index (χ0v) is 8.71. The first kappa shape index (κ1) is 10.3. The molecule has 0 aliphatic carbocycles. The molecule has 0 N–H and O–H groups in total. The minimum absolute atomic E-state index is 0.0645. The number of hydrogen-bond donors (Lipinski definition) is 0. The fourth-order valence-corrected chi connectivity index (χ4v) is 1.78. The summed E-state index contributed by atoms with van der Waals surface area (Å²) < 4.78 is 26.0. The molecule has 4 heteroatoms. The molecule has 0 atom stereocenters. The van der Waals surface area contributed by atoms with Crippen LogP contribution in [0.5, 0.6) is 0 Å². The fourth-order valence-electron chi connectivity index (χ4n) is 1.78. The third kappa shape index (κ3) is 2.25. The minimum Gasteiger partial charge on any atom is -0.350 e. The van der Waals surface area contributed by atoms with Crippen molar-refractivity contribution in [3.8, 4) is 0 Å². The number of hydrogen-bond acceptors (Lipinski definition) is 2. The van der Waals surface area contributed by atoms with Crippen LogP contribution in [0.2, 0.25) is 0 Å². The van der Waals surface area contributed by atoms with E-state index < -0.39 is 5.92 Å². The molecular formula is C11H14F2N2. The summed E-state index contributed by atoms with van der Waals surface area (Å²) in [6.45, 7) is 2.23. The van der Waals surface area contributed by atoms with Crippen molar-refractivity contribution in [3.63, 3.8) is 0 Å². The Morgan fingerprint density at radius 2 is 2.33 bits per heavy atom. The maximum atomic E-state index is 13.0. The van der Waals surface area contributed by atoms with Crippen LogP contribution in [-0.4, -0.2) is 24.0 Å². The lowest BCUT2D eigenvalue weighted by Gasteiger charge is -2.17. The molecule has 1 fully saturated rings. The number of pyridine rings is 1. The van der Waals surface area contributed by atoms with Gasteiger partial charge in [0.05, 0.1) is 6.54 Å². The maximum Gasteiger partial charge on any atom is 0.266 e. The predicted octanol–water partition coefficient (Wildman–Crippen LogP) is 2.49. The molecule has 1 aliphatic heterocycles. The van der Waals surface area contributed by atoms with Crippen molar-refractivity contribution in [2.75, 3.05) is 18.0 Å². The van der Waals surface area contributed by atoms with Crippen molar-refractivity contribution < 1.29 is 8.78 Å². The maximum absolute atomic E-state index is 13.0. The van der Waals surface area contributed by atoms with E-state index in [0.717, 1.165) is 12.0 Å². The highest BCUT2D eigenvalue weighted by atomic mass is 19.3. The lowest BCUT2D eigenvalue weighted by Crippen LogP contribution is -2.25. The highest BCUT2D eigenvalue weighted by Gasteiger charge is 2.38. The Labute approximate surface area is 87.9 Å². The highest BCUT2D eigenvalue weighted by molar-refractivity contribution is 5.42. The third-order valence-corrected chi connectivity index (χ3v) is 2.71. The second-order valence-corrected chi connectivity index (χ2v) is 3.90. The molecular weight excluding hydrogens is 198 g/mol. The smallest absolute Gasteiger partial charge is 0.266 e. The van der Waals surface area contributed by atoms with Crippen molar-refractivity contribution in [2.45, 2.75) is 25.7 Å². The van der Waals surface area contributed by atoms with Gasteiger partial charge in [0.1, 0.15) is 5.82 Å². The summed E-state index contributed by atoms with van der Waals surface area (Å²) in [5.74, 6) is -1.88. The van der Waals surface area contributed by atoms with Crippen LogP contribution in [0.3, 0.4) is 0 Å². The van der Waals surface area contributed by atoms with Gasteiger partial charge >= 0.3 is 0 Å². The molecule has 1 aromatic heterocycles. The standard InChI is InChI=1S/C11H14F2N2/c1-2-9-3-5-14-10(7-9)15-6-4-11(12,13)8-15/h3,5,7H,2,4,6,8H2,1H3. The summed E-state index contributed by atoms with van der Waals surface area (Å²) >= 11 is 0. The average molecular weight is 212 g/mol. The monoisotopic (exact) mass is 212 g/mol. The first-order valence-corrected chi connectivity index (χ1v) is 5.18. The van der Waals surface area contributed by atoms with E-state index >= 15 is 0 Å². The van der Waals surface area contributed by atoms with Gasteiger partial charge in [0, 0.05) is 19.2 Å². The van der Waals surface area contributed by atoms with Gasteiger partial charge in [-0.05, 0) is 24.1 Å². The fraction of sp³-hybridized carbons (Fsp3) is 0.545. The Balaban J connectivity index is 2.16. The van der Waals surface area contributed by atoms with Crippen LogP contribution in [0.4, 0.5) is 14.6 Å². The number of halogens is 2. The molecule has 0 amide bonds. The second kappa shape index (κ2) is 3.76. The van der Waals surface area contributed by atoms with Crippen molar-refractivity contribution in [1.82, 2.24) is 4.98 Å². The first-order valence-electron chi connectivity index (χ1n) is 5.18. The summed E-state index contributed by atoms with van der Waals surface area (Å²) in [7, 11) is 0. The second-order valence-electron chi connectivity index (χ2n) is 3.90. The van der Waals surface area contributed by atoms with E-state index in [1.54, 1.807) is 11.1 Å². The van der Waals surface area contributed by atoms with Crippen LogP contribution in [0.15, 0.2) is 18.3 Å². The summed E-state index contributed by atoms with van der Waals surface area (Å²) in [5.41, 5.74) is 1.13. The molecule has 15 heavy (non-hydrogen) atoms. The quantitative estimate of drug-likeness (QED) is 0.748. The Bertz CT molecular complexity index is 352. The van der Waals surface area contributed by atoms with Crippen LogP contribution in [0.1, 0.15) is 18.9 Å². The van der Waals surface area contributed by atoms with Gasteiger partial charge < -0.3 is 4.90 Å². The third-order valence-electron chi connectivity index (χ3n) is 2.71. The van der Waals surface area contributed by atoms with E-state index in [-0.39, 0.29) is 13.0 Å². The summed E-state index contributed by atoms with van der Waals surface area (Å²) in [6.07, 6.45) is 2.52. The number of anilines is 1. The van der Waals surface area contributed by atoms with Crippen molar-refractivity contribution in [3.05, 3.63) is 23.9 Å². The molecule has 2 nitrogen and oxygen atoms in total. The normalized spacial score (nSPS) is 19.5. The number of alkyl halides is 2. The summed E-state index contributed by atoms with van der Waals surface area (Å²) in [4.78, 5) is 5.78. The average Bonchev–Trinajstić information content (AvgIpc) is 2.59. The molecule has 1 saturated heterocycles. The van der Waals surface area contributed by atoms with E-state index in [4.69, 9.17) is 0 Å². The van der Waals surface area contributed by atoms with Gasteiger partial charge in [-0.25, -0.2) is 13.8 Å². The summed E-state index contributed by atoms with van der Waals surface area (Å²) in [5, 5.41) is 0. The molecule has 0 spiro atoms. The molecule has 0 unspecified atom stereocenters. The van der Waals surface area contributed by atoms with Crippen LogP contribution in [0.25, 0.3) is 0 Å². The zero-order chi connectivity index (χ0) is 10.9. The number of aromatic nitrogens is 1. The number of rotatable bonds is 2. The SMILES string of the molecule is CCc1ccnc(N2CCC(F)(F)C2)c1. The van der Waals surface area contributed by atoms with Crippen LogP contribution >= 0.6 is 0 Å². The molecule has 0 aromatic carbocycles. The Kier molecular flexibility index (Phi) is 2.59. The van der Waals surface area contributed by atoms with Gasteiger partial charge in [-0.3, -0.25) is 0 Å². The van der Waals surface area contributed by atoms with Crippen molar-refractivity contribution in [1.29, 1.82) is 0 Å². The van der Waals surface area contributed by atoms with Gasteiger partial charge in [0.2, 0.25) is 0 Å². The zero-order valence-electron chi connectivity index (χ0n) is 8.71. The molecule has 0 radical (unpaired) electrons. The lowest BCUT2D eigenvalue weighted by molar-refractivity contribution is 0.0256. The first-order chi connectivity index (χ1) is 7.11. The molecule has 82 valence electrons. The number of nitrogens with zero attached hydrogens (tertiary/aromatic N) is 2. The summed E-state index contributed by atoms with van der Waals surface area (Å²) in [6, 6.07) is 3.80. The Morgan fingerprint density at radius 1 is 1.53 bits per heavy atom. The lowest BCUT2D eigenvalue weighted by atomic mass is 10.2. The highest BCUT2D eigenvalue weighted by Crippen LogP contribution is 2.29. The van der Waals surface area contributed by atoms with Crippen molar-refractivity contribution >= 4 is 5.82 Å². The van der Waals surface area contributed by atoms with Crippen LogP contribution < -0.4 is 4.90 Å². The predicted molar refractivity (Wildman–Crippen MR) is 55.4 cm³/mol. The Morgan fingerprint density at radius 3 is 2.93 bits per heavy atom. The largest absolute Gasteiger partial charge is 0.350 e. The van der Waals surface area contributed by atoms with Gasteiger partial charge in [-0.1, -0.05) is 6.92 Å². The van der Waals surface area contributed by atoms with Gasteiger partial charge in [0.15, 0.2) is 0 Å². The van der Waals surface area contributed by atoms with E-state index in [0.29, 0.717) is 12.4 Å². The van der Waals surface area contributed by atoms with E-state index in [2.05, 4.69) is 4.98 Å². The number of aryl methyl sites for hydroxylation is 1. The molecule has 1 aromatic rings. The van der Waals surface area contributed by atoms with Gasteiger partial charge in [0.25, 0.3) is 5.92 Å². The molecule has 1 aliphatic rings.